The van der Waals surface area contributed by atoms with Crippen LogP contribution in [0.3, 0.4) is 0 Å². The van der Waals surface area contributed by atoms with E-state index in [4.69, 9.17) is 0 Å². The third-order valence-corrected chi connectivity index (χ3v) is 3.45. The lowest BCUT2D eigenvalue weighted by molar-refractivity contribution is -0.119. The summed E-state index contributed by atoms with van der Waals surface area (Å²) in [7, 11) is 0. The Labute approximate surface area is 91.8 Å². The summed E-state index contributed by atoms with van der Waals surface area (Å²) >= 11 is 3.50. The molecule has 0 spiro atoms. The maximum Gasteiger partial charge on any atom is 0.220 e. The molecule has 0 aromatic heterocycles. The number of hydrogen-bond acceptors (Lipinski definition) is 1. The van der Waals surface area contributed by atoms with Gasteiger partial charge in [-0.25, -0.2) is 0 Å². The lowest BCUT2D eigenvalue weighted by Gasteiger charge is -2.11. The van der Waals surface area contributed by atoms with Gasteiger partial charge in [-0.05, 0) is 30.5 Å². The molecule has 1 atom stereocenters. The number of nitrogens with one attached hydrogen (secondary N) is 1. The van der Waals surface area contributed by atoms with E-state index in [0.717, 1.165) is 10.9 Å². The third-order valence-electron chi connectivity index (χ3n) is 2.59. The highest BCUT2D eigenvalue weighted by atomic mass is 79.9. The van der Waals surface area contributed by atoms with Crippen LogP contribution in [0.15, 0.2) is 22.7 Å². The van der Waals surface area contributed by atoms with Crippen molar-refractivity contribution >= 4 is 21.8 Å². The number of carbonyl (C=O) groups excluding carboxylic acids is 1. The van der Waals surface area contributed by atoms with Crippen molar-refractivity contribution in [2.45, 2.75) is 25.8 Å². The molecule has 1 aromatic carbocycles. The molecule has 0 radical (unpaired) electrons. The van der Waals surface area contributed by atoms with Crippen molar-refractivity contribution in [2.24, 2.45) is 0 Å². The molecule has 1 amide bonds. The second kappa shape index (κ2) is 3.73. The van der Waals surface area contributed by atoms with Gasteiger partial charge in [-0.2, -0.15) is 0 Å². The molecule has 1 saturated heterocycles. The second-order valence-corrected chi connectivity index (χ2v) is 4.52. The van der Waals surface area contributed by atoms with E-state index < -0.39 is 0 Å². The number of hydrogen-bond donors (Lipinski definition) is 1. The van der Waals surface area contributed by atoms with Gasteiger partial charge in [-0.3, -0.25) is 4.79 Å². The predicted molar refractivity (Wildman–Crippen MR) is 59.0 cm³/mol. The van der Waals surface area contributed by atoms with Crippen LogP contribution in [0, 0.1) is 6.92 Å². The molecular weight excluding hydrogens is 242 g/mol. The minimum absolute atomic E-state index is 0.159. The lowest BCUT2D eigenvalue weighted by atomic mass is 10.0. The maximum absolute atomic E-state index is 11.1. The van der Waals surface area contributed by atoms with Gasteiger partial charge < -0.3 is 5.32 Å². The van der Waals surface area contributed by atoms with Gasteiger partial charge in [-0.1, -0.05) is 28.1 Å². The molecule has 0 aliphatic carbocycles. The fraction of sp³-hybridized carbons (Fsp3) is 0.364. The molecule has 1 N–H and O–H groups in total. The van der Waals surface area contributed by atoms with Crippen molar-refractivity contribution < 1.29 is 4.79 Å². The highest BCUT2D eigenvalue weighted by molar-refractivity contribution is 9.10. The molecule has 1 unspecified atom stereocenters. The summed E-state index contributed by atoms with van der Waals surface area (Å²) in [5, 5.41) is 2.96. The quantitative estimate of drug-likeness (QED) is 0.820. The van der Waals surface area contributed by atoms with Gasteiger partial charge in [0.05, 0.1) is 6.04 Å². The van der Waals surface area contributed by atoms with Crippen LogP contribution in [0.5, 0.6) is 0 Å². The molecule has 0 bridgehead atoms. The van der Waals surface area contributed by atoms with E-state index in [9.17, 15) is 4.79 Å². The number of halogens is 1. The fourth-order valence-corrected chi connectivity index (χ4v) is 2.09. The van der Waals surface area contributed by atoms with Gasteiger partial charge in [-0.15, -0.1) is 0 Å². The average Bonchev–Trinajstić information content (AvgIpc) is 2.57. The van der Waals surface area contributed by atoms with Gasteiger partial charge >= 0.3 is 0 Å². The first-order chi connectivity index (χ1) is 6.66. The van der Waals surface area contributed by atoms with Gasteiger partial charge in [0.25, 0.3) is 0 Å². The van der Waals surface area contributed by atoms with Crippen molar-refractivity contribution in [1.82, 2.24) is 5.32 Å². The van der Waals surface area contributed by atoms with E-state index in [1.54, 1.807) is 0 Å². The van der Waals surface area contributed by atoms with Crippen LogP contribution in [0.4, 0.5) is 0 Å². The van der Waals surface area contributed by atoms with E-state index in [1.807, 2.05) is 0 Å². The Balaban J connectivity index is 2.24. The molecule has 1 aliphatic heterocycles. The summed E-state index contributed by atoms with van der Waals surface area (Å²) in [5.74, 6) is 0.159. The number of benzene rings is 1. The predicted octanol–water partition coefficient (Wildman–Crippen LogP) is 2.71. The number of carbonyl (C=O) groups is 1. The third kappa shape index (κ3) is 1.82. The number of amides is 1. The normalized spacial score (nSPS) is 21.0. The first kappa shape index (κ1) is 9.71. The minimum Gasteiger partial charge on any atom is -0.349 e. The van der Waals surface area contributed by atoms with Crippen LogP contribution < -0.4 is 5.32 Å². The van der Waals surface area contributed by atoms with Crippen LogP contribution in [0.1, 0.15) is 30.0 Å². The molecule has 1 aromatic rings. The summed E-state index contributed by atoms with van der Waals surface area (Å²) in [6, 6.07) is 6.45. The monoisotopic (exact) mass is 253 g/mol. The van der Waals surface area contributed by atoms with Crippen LogP contribution in [0.25, 0.3) is 0 Å². The van der Waals surface area contributed by atoms with Crippen LogP contribution >= 0.6 is 15.9 Å². The Hall–Kier alpha value is -0.830. The van der Waals surface area contributed by atoms with E-state index in [1.165, 1.54) is 11.1 Å². The number of rotatable bonds is 1. The molecule has 1 heterocycles. The maximum atomic E-state index is 11.1. The first-order valence-corrected chi connectivity index (χ1v) is 5.51. The Morgan fingerprint density at radius 3 is 2.86 bits per heavy atom. The summed E-state index contributed by atoms with van der Waals surface area (Å²) in [6.07, 6.45) is 1.56. The smallest absolute Gasteiger partial charge is 0.220 e. The molecule has 3 heteroatoms. The van der Waals surface area contributed by atoms with Crippen LogP contribution in [-0.2, 0) is 4.79 Å². The first-order valence-electron chi connectivity index (χ1n) is 4.72. The zero-order valence-electron chi connectivity index (χ0n) is 8.01. The standard InChI is InChI=1S/C11H12BrNO/c1-7-2-3-8(6-9(7)12)10-4-5-11(14)13-10/h2-3,6,10H,4-5H2,1H3,(H,13,14). The molecule has 14 heavy (non-hydrogen) atoms. The van der Waals surface area contributed by atoms with E-state index in [2.05, 4.69) is 46.4 Å². The van der Waals surface area contributed by atoms with Crippen molar-refractivity contribution in [3.05, 3.63) is 33.8 Å². The lowest BCUT2D eigenvalue weighted by Crippen LogP contribution is -2.18. The molecule has 2 rings (SSSR count). The Morgan fingerprint density at radius 1 is 1.50 bits per heavy atom. The number of aryl methyl sites for hydroxylation is 1. The molecule has 0 saturated carbocycles. The van der Waals surface area contributed by atoms with E-state index >= 15 is 0 Å². The highest BCUT2D eigenvalue weighted by Gasteiger charge is 2.22. The summed E-state index contributed by atoms with van der Waals surface area (Å²) in [4.78, 5) is 11.1. The zero-order chi connectivity index (χ0) is 10.1. The van der Waals surface area contributed by atoms with Gasteiger partial charge in [0.1, 0.15) is 0 Å². The summed E-state index contributed by atoms with van der Waals surface area (Å²) in [5.41, 5.74) is 2.41. The van der Waals surface area contributed by atoms with Gasteiger partial charge in [0, 0.05) is 10.9 Å². The molecule has 74 valence electrons. The van der Waals surface area contributed by atoms with Crippen LogP contribution in [-0.4, -0.2) is 5.91 Å². The molecule has 1 fully saturated rings. The molecular formula is C11H12BrNO. The highest BCUT2D eigenvalue weighted by Crippen LogP contribution is 2.27. The fourth-order valence-electron chi connectivity index (χ4n) is 1.69. The van der Waals surface area contributed by atoms with Crippen molar-refractivity contribution in [2.75, 3.05) is 0 Å². The zero-order valence-corrected chi connectivity index (χ0v) is 9.60. The molecule has 2 nitrogen and oxygen atoms in total. The second-order valence-electron chi connectivity index (χ2n) is 3.67. The summed E-state index contributed by atoms with van der Waals surface area (Å²) < 4.78 is 1.11. The van der Waals surface area contributed by atoms with Crippen LogP contribution in [0.2, 0.25) is 0 Å². The Morgan fingerprint density at radius 2 is 2.29 bits per heavy atom. The summed E-state index contributed by atoms with van der Waals surface area (Å²) in [6.45, 7) is 2.06. The SMILES string of the molecule is Cc1ccc(C2CCC(=O)N2)cc1Br. The molecule has 1 aliphatic rings. The Kier molecular flexibility index (Phi) is 2.59. The Bertz CT molecular complexity index is 376. The van der Waals surface area contributed by atoms with Crippen molar-refractivity contribution in [1.29, 1.82) is 0 Å². The largest absolute Gasteiger partial charge is 0.349 e. The van der Waals surface area contributed by atoms with Gasteiger partial charge in [0.15, 0.2) is 0 Å². The topological polar surface area (TPSA) is 29.1 Å². The van der Waals surface area contributed by atoms with E-state index in [0.29, 0.717) is 6.42 Å². The minimum atomic E-state index is 0.159. The van der Waals surface area contributed by atoms with Crippen molar-refractivity contribution in [3.63, 3.8) is 0 Å². The van der Waals surface area contributed by atoms with Crippen molar-refractivity contribution in [3.8, 4) is 0 Å². The average molecular weight is 254 g/mol. The van der Waals surface area contributed by atoms with Gasteiger partial charge in [0.2, 0.25) is 5.91 Å². The van der Waals surface area contributed by atoms with E-state index in [-0.39, 0.29) is 11.9 Å².